The van der Waals surface area contributed by atoms with Crippen molar-refractivity contribution in [2.45, 2.75) is 9.79 Å². The maximum absolute atomic E-state index is 13.3. The third-order valence-electron chi connectivity index (χ3n) is 5.99. The van der Waals surface area contributed by atoms with E-state index in [1.54, 1.807) is 30.5 Å². The second-order valence-electron chi connectivity index (χ2n) is 7.77. The summed E-state index contributed by atoms with van der Waals surface area (Å²) in [5.41, 5.74) is 4.06. The van der Waals surface area contributed by atoms with Crippen LogP contribution in [0.3, 0.4) is 0 Å². The average molecular weight is 434 g/mol. The van der Waals surface area contributed by atoms with Crippen LogP contribution in [0, 0.1) is 0 Å². The number of imidazole rings is 1. The molecule has 1 aliphatic rings. The molecule has 0 unspecified atom stereocenters. The highest BCUT2D eigenvalue weighted by molar-refractivity contribution is 7.92. The van der Waals surface area contributed by atoms with Gasteiger partial charge in [-0.3, -0.25) is 9.55 Å². The van der Waals surface area contributed by atoms with Crippen LogP contribution in [0.15, 0.2) is 94.9 Å². The molecule has 0 fully saturated rings. The predicted molar refractivity (Wildman–Crippen MR) is 123 cm³/mol. The van der Waals surface area contributed by atoms with Gasteiger partial charge in [-0.2, -0.15) is 0 Å². The fourth-order valence-electron chi connectivity index (χ4n) is 4.55. The maximum Gasteiger partial charge on any atom is 0.210 e. The minimum Gasteiger partial charge on any atom is -0.288 e. The summed E-state index contributed by atoms with van der Waals surface area (Å²) in [6.45, 7) is 0. The molecule has 0 atom stereocenters. The fraction of sp³-hybridized carbons (Fsp3) is 0. The summed E-state index contributed by atoms with van der Waals surface area (Å²) in [4.78, 5) is 14.8. The molecule has 7 rings (SSSR count). The fourth-order valence-corrected chi connectivity index (χ4v) is 6.19. The van der Waals surface area contributed by atoms with Crippen LogP contribution in [-0.2, 0) is 9.84 Å². The largest absolute Gasteiger partial charge is 0.288 e. The molecule has 0 spiro atoms. The van der Waals surface area contributed by atoms with E-state index in [-0.39, 0.29) is 9.79 Å². The molecule has 0 bridgehead atoms. The van der Waals surface area contributed by atoms with Gasteiger partial charge < -0.3 is 0 Å². The number of para-hydroxylation sites is 2. The summed E-state index contributed by atoms with van der Waals surface area (Å²) in [5.74, 6) is 0.602. The molecule has 3 aromatic heterocycles. The first-order chi connectivity index (χ1) is 15.6. The highest BCUT2D eigenvalue weighted by Gasteiger charge is 2.33. The molecule has 0 amide bonds. The van der Waals surface area contributed by atoms with Crippen molar-refractivity contribution in [3.05, 3.63) is 85.1 Å². The molecular weight excluding hydrogens is 420 g/mol. The van der Waals surface area contributed by atoms with E-state index in [0.717, 1.165) is 21.8 Å². The number of nitrogens with zero attached hydrogens (tertiary/aromatic N) is 4. The predicted octanol–water partition coefficient (Wildman–Crippen LogP) is 4.94. The minimum absolute atomic E-state index is 0.264. The monoisotopic (exact) mass is 434 g/mol. The third-order valence-corrected chi connectivity index (χ3v) is 7.82. The van der Waals surface area contributed by atoms with E-state index in [1.807, 2.05) is 59.2 Å². The minimum atomic E-state index is -3.63. The summed E-state index contributed by atoms with van der Waals surface area (Å²) in [6, 6.07) is 24.1. The van der Waals surface area contributed by atoms with Crippen LogP contribution in [0.1, 0.15) is 0 Å². The van der Waals surface area contributed by atoms with Crippen molar-refractivity contribution in [1.82, 2.24) is 19.5 Å². The van der Waals surface area contributed by atoms with Crippen molar-refractivity contribution >= 4 is 42.7 Å². The quantitative estimate of drug-likeness (QED) is 0.342. The van der Waals surface area contributed by atoms with Crippen LogP contribution < -0.4 is 0 Å². The van der Waals surface area contributed by atoms with Crippen LogP contribution in [0.2, 0.25) is 0 Å². The molecule has 0 N–H and O–H groups in total. The van der Waals surface area contributed by atoms with E-state index < -0.39 is 9.84 Å². The number of sulfone groups is 1. The molecule has 6 nitrogen and oxygen atoms in total. The Balaban J connectivity index is 1.62. The van der Waals surface area contributed by atoms with Crippen molar-refractivity contribution in [3.63, 3.8) is 0 Å². The van der Waals surface area contributed by atoms with E-state index in [0.29, 0.717) is 28.2 Å². The zero-order valence-electron chi connectivity index (χ0n) is 16.6. The molecule has 32 heavy (non-hydrogen) atoms. The lowest BCUT2D eigenvalue weighted by atomic mass is 10.1. The summed E-state index contributed by atoms with van der Waals surface area (Å²) in [5, 5.41) is 2.00. The SMILES string of the molecule is O=S1(=O)c2ccccc2-n2c(-c3ccc4ccc5cccnc5c4n3)nc3cccc1c32. The second kappa shape index (κ2) is 5.99. The Kier molecular flexibility index (Phi) is 3.29. The molecular formula is C25H14N4O2S. The molecule has 152 valence electrons. The van der Waals surface area contributed by atoms with Gasteiger partial charge in [0.15, 0.2) is 5.82 Å². The van der Waals surface area contributed by atoms with E-state index in [1.165, 1.54) is 0 Å². The van der Waals surface area contributed by atoms with E-state index in [9.17, 15) is 8.42 Å². The summed E-state index contributed by atoms with van der Waals surface area (Å²) < 4.78 is 28.5. The lowest BCUT2D eigenvalue weighted by Gasteiger charge is -2.20. The number of hydrogen-bond acceptors (Lipinski definition) is 5. The van der Waals surface area contributed by atoms with Crippen LogP contribution in [0.25, 0.3) is 50.0 Å². The molecule has 1 aliphatic heterocycles. The van der Waals surface area contributed by atoms with Gasteiger partial charge in [0.25, 0.3) is 0 Å². The van der Waals surface area contributed by atoms with Gasteiger partial charge in [-0.05, 0) is 36.4 Å². The summed E-state index contributed by atoms with van der Waals surface area (Å²) >= 11 is 0. The summed E-state index contributed by atoms with van der Waals surface area (Å²) in [7, 11) is -3.63. The van der Waals surface area contributed by atoms with Gasteiger partial charge in [0.2, 0.25) is 9.84 Å². The number of aromatic nitrogens is 4. The molecule has 0 radical (unpaired) electrons. The standard InChI is InChI=1S/C25H14N4O2S/c30-32(31)20-8-2-1-7-19(20)29-24-17(6-3-9-21(24)32)28-25(29)18-13-12-16-11-10-15-5-4-14-26-22(15)23(16)27-18/h1-14H. The Bertz CT molecular complexity index is 1860. The molecule has 6 aromatic rings. The van der Waals surface area contributed by atoms with Crippen molar-refractivity contribution in [2.24, 2.45) is 0 Å². The first kappa shape index (κ1) is 17.6. The van der Waals surface area contributed by atoms with Gasteiger partial charge in [-0.15, -0.1) is 0 Å². The van der Waals surface area contributed by atoms with E-state index in [4.69, 9.17) is 9.97 Å². The van der Waals surface area contributed by atoms with Gasteiger partial charge in [0.05, 0.1) is 37.5 Å². The van der Waals surface area contributed by atoms with E-state index in [2.05, 4.69) is 4.98 Å². The summed E-state index contributed by atoms with van der Waals surface area (Å²) in [6.07, 6.45) is 1.76. The number of fused-ring (bicyclic) bond motifs is 5. The third kappa shape index (κ3) is 2.18. The van der Waals surface area contributed by atoms with Crippen molar-refractivity contribution in [1.29, 1.82) is 0 Å². The molecule has 0 saturated carbocycles. The Morgan fingerprint density at radius 2 is 1.47 bits per heavy atom. The molecule has 3 aromatic carbocycles. The van der Waals surface area contributed by atoms with Crippen LogP contribution >= 0.6 is 0 Å². The highest BCUT2D eigenvalue weighted by Crippen LogP contribution is 2.41. The van der Waals surface area contributed by atoms with Gasteiger partial charge in [-0.25, -0.2) is 18.4 Å². The Labute approximate surface area is 182 Å². The molecule has 0 saturated heterocycles. The molecule has 7 heteroatoms. The van der Waals surface area contributed by atoms with Crippen LogP contribution in [0.5, 0.6) is 0 Å². The first-order valence-corrected chi connectivity index (χ1v) is 11.6. The van der Waals surface area contributed by atoms with Crippen molar-refractivity contribution in [3.8, 4) is 17.2 Å². The Morgan fingerprint density at radius 1 is 0.688 bits per heavy atom. The van der Waals surface area contributed by atoms with Crippen LogP contribution in [0.4, 0.5) is 0 Å². The van der Waals surface area contributed by atoms with Crippen molar-refractivity contribution < 1.29 is 8.42 Å². The molecule has 0 aliphatic carbocycles. The van der Waals surface area contributed by atoms with Crippen LogP contribution in [-0.4, -0.2) is 27.9 Å². The number of rotatable bonds is 1. The van der Waals surface area contributed by atoms with Gasteiger partial charge in [-0.1, -0.05) is 42.5 Å². The zero-order valence-corrected chi connectivity index (χ0v) is 17.4. The van der Waals surface area contributed by atoms with E-state index >= 15 is 0 Å². The normalized spacial score (nSPS) is 14.1. The highest BCUT2D eigenvalue weighted by atomic mass is 32.2. The number of benzene rings is 3. The average Bonchev–Trinajstić information content (AvgIpc) is 3.23. The second-order valence-corrected chi connectivity index (χ2v) is 9.66. The number of pyridine rings is 2. The maximum atomic E-state index is 13.3. The first-order valence-electron chi connectivity index (χ1n) is 10.1. The Morgan fingerprint density at radius 3 is 2.38 bits per heavy atom. The molecule has 4 heterocycles. The zero-order chi connectivity index (χ0) is 21.4. The topological polar surface area (TPSA) is 77.7 Å². The lowest BCUT2D eigenvalue weighted by Crippen LogP contribution is -2.15. The Hall–Kier alpha value is -4.10. The van der Waals surface area contributed by atoms with Crippen molar-refractivity contribution in [2.75, 3.05) is 0 Å². The smallest absolute Gasteiger partial charge is 0.210 e. The number of hydrogen-bond donors (Lipinski definition) is 0. The van der Waals surface area contributed by atoms with Gasteiger partial charge >= 0.3 is 0 Å². The van der Waals surface area contributed by atoms with Gasteiger partial charge in [0, 0.05) is 17.0 Å². The van der Waals surface area contributed by atoms with Gasteiger partial charge in [0.1, 0.15) is 5.69 Å². The lowest BCUT2D eigenvalue weighted by molar-refractivity contribution is 0.594.